The third-order valence-corrected chi connectivity index (χ3v) is 6.14. The second-order valence-corrected chi connectivity index (χ2v) is 8.42. The number of ether oxygens (including phenoxy) is 1. The number of benzene rings is 1. The second-order valence-electron chi connectivity index (χ2n) is 8.42. The number of hydrogen-bond donors (Lipinski definition) is 1. The van der Waals surface area contributed by atoms with Crippen LogP contribution in [-0.4, -0.2) is 42.9 Å². The van der Waals surface area contributed by atoms with Gasteiger partial charge in [-0.05, 0) is 68.1 Å². The molecule has 2 amide bonds. The van der Waals surface area contributed by atoms with Crippen LogP contribution >= 0.6 is 0 Å². The zero-order chi connectivity index (χ0) is 20.3. The van der Waals surface area contributed by atoms with Crippen LogP contribution in [0, 0.1) is 31.6 Å². The first-order valence-corrected chi connectivity index (χ1v) is 10.1. The molecule has 2 aliphatic carbocycles. The molecule has 1 N–H and O–H groups in total. The first-order chi connectivity index (χ1) is 13.3. The van der Waals surface area contributed by atoms with E-state index < -0.39 is 0 Å². The van der Waals surface area contributed by atoms with Crippen molar-refractivity contribution in [1.82, 2.24) is 4.90 Å². The number of aryl methyl sites for hydroxylation is 2. The molecule has 6 heteroatoms. The molecule has 0 saturated heterocycles. The van der Waals surface area contributed by atoms with Crippen LogP contribution in [0.15, 0.2) is 18.2 Å². The Kier molecular flexibility index (Phi) is 6.37. The smallest absolute Gasteiger partial charge is 0.306 e. The van der Waals surface area contributed by atoms with Gasteiger partial charge in [-0.3, -0.25) is 14.4 Å². The molecular weight excluding hydrogens is 356 g/mol. The topological polar surface area (TPSA) is 75.7 Å². The summed E-state index contributed by atoms with van der Waals surface area (Å²) in [5.74, 6) is 0.896. The number of rotatable bonds is 7. The molecule has 3 rings (SSSR count). The summed E-state index contributed by atoms with van der Waals surface area (Å²) in [6.07, 6.45) is 5.29. The van der Waals surface area contributed by atoms with Gasteiger partial charge in [-0.1, -0.05) is 18.6 Å². The van der Waals surface area contributed by atoms with E-state index in [0.29, 0.717) is 18.3 Å². The molecule has 152 valence electrons. The maximum atomic E-state index is 12.2. The predicted molar refractivity (Wildman–Crippen MR) is 107 cm³/mol. The Morgan fingerprint density at radius 1 is 1.18 bits per heavy atom. The molecule has 2 fully saturated rings. The van der Waals surface area contributed by atoms with Crippen molar-refractivity contribution in [3.63, 3.8) is 0 Å². The summed E-state index contributed by atoms with van der Waals surface area (Å²) >= 11 is 0. The number of fused-ring (bicyclic) bond motifs is 2. The number of nitrogens with zero attached hydrogens (tertiary/aromatic N) is 1. The molecule has 1 aromatic rings. The van der Waals surface area contributed by atoms with Gasteiger partial charge in [0.25, 0.3) is 5.91 Å². The molecule has 2 aliphatic rings. The molecule has 28 heavy (non-hydrogen) atoms. The van der Waals surface area contributed by atoms with Crippen LogP contribution in [0.4, 0.5) is 5.69 Å². The van der Waals surface area contributed by atoms with Crippen LogP contribution in [0.1, 0.15) is 43.2 Å². The lowest BCUT2D eigenvalue weighted by Gasteiger charge is -2.21. The van der Waals surface area contributed by atoms with Crippen LogP contribution in [0.5, 0.6) is 0 Å². The van der Waals surface area contributed by atoms with Gasteiger partial charge in [-0.25, -0.2) is 0 Å². The van der Waals surface area contributed by atoms with Gasteiger partial charge in [0.1, 0.15) is 0 Å². The summed E-state index contributed by atoms with van der Waals surface area (Å²) < 4.78 is 5.17. The van der Waals surface area contributed by atoms with E-state index in [-0.39, 0.29) is 30.9 Å². The van der Waals surface area contributed by atoms with E-state index in [0.717, 1.165) is 29.2 Å². The Bertz CT molecular complexity index is 761. The summed E-state index contributed by atoms with van der Waals surface area (Å²) in [5.41, 5.74) is 2.75. The number of nitrogens with one attached hydrogen (secondary N) is 1. The number of amides is 2. The van der Waals surface area contributed by atoms with Gasteiger partial charge in [0.05, 0.1) is 6.54 Å². The maximum Gasteiger partial charge on any atom is 0.306 e. The molecule has 0 unspecified atom stereocenters. The zero-order valence-corrected chi connectivity index (χ0v) is 17.0. The second kappa shape index (κ2) is 8.76. The molecule has 3 atom stereocenters. The standard InChI is InChI=1S/C22H30N2O4/c1-14-4-5-15(2)19(8-14)23-20(25)12-24(3)21(26)13-28-22(27)11-18-10-16-6-7-17(18)9-16/h4-5,8,16-18H,6-7,9-13H2,1-3H3,(H,23,25)/t16-,17+,18-/m0/s1. The summed E-state index contributed by atoms with van der Waals surface area (Å²) in [6.45, 7) is 3.47. The van der Waals surface area contributed by atoms with Crippen molar-refractivity contribution in [2.24, 2.45) is 17.8 Å². The SMILES string of the molecule is Cc1ccc(C)c(NC(=O)CN(C)C(=O)COC(=O)C[C@@H]2C[C@H]3CC[C@@H]2C3)c1. The van der Waals surface area contributed by atoms with Gasteiger partial charge in [0.15, 0.2) is 6.61 Å². The Hall–Kier alpha value is -2.37. The highest BCUT2D eigenvalue weighted by Crippen LogP contribution is 2.49. The zero-order valence-electron chi connectivity index (χ0n) is 17.0. The molecule has 6 nitrogen and oxygen atoms in total. The number of esters is 1. The van der Waals surface area contributed by atoms with Crippen LogP contribution in [-0.2, 0) is 19.1 Å². The molecule has 0 heterocycles. The van der Waals surface area contributed by atoms with E-state index in [1.165, 1.54) is 31.2 Å². The van der Waals surface area contributed by atoms with Crippen molar-refractivity contribution in [2.75, 3.05) is 25.5 Å². The fourth-order valence-electron chi connectivity index (χ4n) is 4.52. The summed E-state index contributed by atoms with van der Waals surface area (Å²) in [6, 6.07) is 5.81. The summed E-state index contributed by atoms with van der Waals surface area (Å²) in [7, 11) is 1.54. The number of anilines is 1. The van der Waals surface area contributed by atoms with Crippen molar-refractivity contribution < 1.29 is 19.1 Å². The van der Waals surface area contributed by atoms with E-state index in [9.17, 15) is 14.4 Å². The highest BCUT2D eigenvalue weighted by molar-refractivity contribution is 5.95. The van der Waals surface area contributed by atoms with Gasteiger partial charge in [0, 0.05) is 19.2 Å². The van der Waals surface area contributed by atoms with E-state index >= 15 is 0 Å². The van der Waals surface area contributed by atoms with Gasteiger partial charge in [-0.2, -0.15) is 0 Å². The molecule has 0 aliphatic heterocycles. The molecule has 2 saturated carbocycles. The molecule has 2 bridgehead atoms. The average molecular weight is 386 g/mol. The quantitative estimate of drug-likeness (QED) is 0.731. The van der Waals surface area contributed by atoms with Crippen molar-refractivity contribution >= 4 is 23.5 Å². The van der Waals surface area contributed by atoms with Gasteiger partial charge < -0.3 is 15.0 Å². The van der Waals surface area contributed by atoms with Crippen LogP contribution in [0.25, 0.3) is 0 Å². The normalized spacial score (nSPS) is 22.8. The first kappa shape index (κ1) is 20.4. The summed E-state index contributed by atoms with van der Waals surface area (Å²) in [5, 5.41) is 2.82. The molecule has 0 radical (unpaired) electrons. The number of hydrogen-bond acceptors (Lipinski definition) is 4. The molecule has 1 aromatic carbocycles. The predicted octanol–water partition coefficient (Wildman–Crippen LogP) is 3.07. The van der Waals surface area contributed by atoms with Crippen LogP contribution in [0.2, 0.25) is 0 Å². The van der Waals surface area contributed by atoms with E-state index in [4.69, 9.17) is 4.74 Å². The largest absolute Gasteiger partial charge is 0.456 e. The first-order valence-electron chi connectivity index (χ1n) is 10.1. The summed E-state index contributed by atoms with van der Waals surface area (Å²) in [4.78, 5) is 37.8. The van der Waals surface area contributed by atoms with Crippen molar-refractivity contribution in [1.29, 1.82) is 0 Å². The van der Waals surface area contributed by atoms with Gasteiger partial charge >= 0.3 is 5.97 Å². The molecule has 0 aromatic heterocycles. The fraction of sp³-hybridized carbons (Fsp3) is 0.591. The van der Waals surface area contributed by atoms with E-state index in [1.807, 2.05) is 32.0 Å². The van der Waals surface area contributed by atoms with Crippen LogP contribution < -0.4 is 5.32 Å². The lowest BCUT2D eigenvalue weighted by molar-refractivity contribution is -0.152. The Morgan fingerprint density at radius 2 is 1.96 bits per heavy atom. The monoisotopic (exact) mass is 386 g/mol. The lowest BCUT2D eigenvalue weighted by Crippen LogP contribution is -2.37. The van der Waals surface area contributed by atoms with Crippen LogP contribution in [0.3, 0.4) is 0 Å². The number of carbonyl (C=O) groups excluding carboxylic acids is 3. The highest BCUT2D eigenvalue weighted by Gasteiger charge is 2.40. The third kappa shape index (κ3) is 5.12. The van der Waals surface area contributed by atoms with Gasteiger partial charge in [0.2, 0.25) is 5.91 Å². The minimum Gasteiger partial charge on any atom is -0.456 e. The lowest BCUT2D eigenvalue weighted by atomic mass is 9.86. The van der Waals surface area contributed by atoms with E-state index in [2.05, 4.69) is 5.32 Å². The van der Waals surface area contributed by atoms with Gasteiger partial charge in [-0.15, -0.1) is 0 Å². The Morgan fingerprint density at radius 3 is 2.64 bits per heavy atom. The third-order valence-electron chi connectivity index (χ3n) is 6.14. The minimum atomic E-state index is -0.377. The van der Waals surface area contributed by atoms with Crippen molar-refractivity contribution in [3.05, 3.63) is 29.3 Å². The number of likely N-dealkylation sites (N-methyl/N-ethyl adjacent to an activating group) is 1. The molecular formula is C22H30N2O4. The molecule has 0 spiro atoms. The Balaban J connectivity index is 1.39. The van der Waals surface area contributed by atoms with E-state index in [1.54, 1.807) is 0 Å². The van der Waals surface area contributed by atoms with Crippen molar-refractivity contribution in [2.45, 2.75) is 46.0 Å². The number of carbonyl (C=O) groups is 3. The Labute approximate surface area is 166 Å². The highest BCUT2D eigenvalue weighted by atomic mass is 16.5. The maximum absolute atomic E-state index is 12.2. The van der Waals surface area contributed by atoms with Crippen molar-refractivity contribution in [3.8, 4) is 0 Å². The minimum absolute atomic E-state index is 0.0872. The average Bonchev–Trinajstić information content (AvgIpc) is 3.25. The fourth-order valence-corrected chi connectivity index (χ4v) is 4.52.